The van der Waals surface area contributed by atoms with E-state index in [2.05, 4.69) is 21.1 Å². The Balaban J connectivity index is 1.96. The molecule has 1 fully saturated rings. The van der Waals surface area contributed by atoms with Crippen LogP contribution in [0.4, 0.5) is 0 Å². The summed E-state index contributed by atoms with van der Waals surface area (Å²) in [7, 11) is 1.52. The molecule has 25 heavy (non-hydrogen) atoms. The van der Waals surface area contributed by atoms with Gasteiger partial charge in [0.15, 0.2) is 17.2 Å². The van der Waals surface area contributed by atoms with Gasteiger partial charge in [-0.15, -0.1) is 5.10 Å². The quantitative estimate of drug-likeness (QED) is 0.773. The molecule has 0 aliphatic heterocycles. The Morgan fingerprint density at radius 1 is 1.40 bits per heavy atom. The van der Waals surface area contributed by atoms with Gasteiger partial charge < -0.3 is 9.84 Å². The van der Waals surface area contributed by atoms with Crippen LogP contribution in [0.2, 0.25) is 0 Å². The smallest absolute Gasteiger partial charge is 0.317 e. The summed E-state index contributed by atoms with van der Waals surface area (Å²) in [6.07, 6.45) is 4.12. The highest BCUT2D eigenvalue weighted by atomic mass is 16.5. The number of ether oxygens (including phenoxy) is 1. The molecule has 3 aromatic heterocycles. The lowest BCUT2D eigenvalue weighted by molar-refractivity contribution is -0.140. The fourth-order valence-corrected chi connectivity index (χ4v) is 2.82. The molecule has 8 heteroatoms. The number of aromatic nitrogens is 4. The third kappa shape index (κ3) is 2.21. The van der Waals surface area contributed by atoms with E-state index in [9.17, 15) is 9.90 Å². The Hall–Kier alpha value is -3.47. The van der Waals surface area contributed by atoms with Crippen LogP contribution in [-0.4, -0.2) is 37.8 Å². The molecule has 0 spiro atoms. The van der Waals surface area contributed by atoms with Crippen molar-refractivity contribution in [3.05, 3.63) is 42.0 Å². The molecule has 1 saturated carbocycles. The lowest BCUT2D eigenvalue weighted by Crippen LogP contribution is -2.21. The Morgan fingerprint density at radius 3 is 2.84 bits per heavy atom. The van der Waals surface area contributed by atoms with E-state index in [0.29, 0.717) is 41.1 Å². The molecular weight excluding hydrogens is 322 g/mol. The molecular formula is C17H13N5O3. The van der Waals surface area contributed by atoms with Crippen LogP contribution >= 0.6 is 0 Å². The van der Waals surface area contributed by atoms with E-state index in [-0.39, 0.29) is 5.82 Å². The largest absolute Gasteiger partial charge is 0.493 e. The number of fused-ring (bicyclic) bond motifs is 1. The zero-order valence-corrected chi connectivity index (χ0v) is 13.3. The van der Waals surface area contributed by atoms with Crippen LogP contribution in [0.1, 0.15) is 24.2 Å². The van der Waals surface area contributed by atoms with E-state index in [1.807, 2.05) is 0 Å². The van der Waals surface area contributed by atoms with E-state index in [0.717, 1.165) is 0 Å². The second-order valence-corrected chi connectivity index (χ2v) is 5.92. The number of methoxy groups -OCH3 is 1. The molecule has 0 bridgehead atoms. The van der Waals surface area contributed by atoms with E-state index < -0.39 is 11.4 Å². The zero-order chi connectivity index (χ0) is 17.6. The summed E-state index contributed by atoms with van der Waals surface area (Å²) in [5, 5.41) is 23.0. The Bertz CT molecular complexity index is 1050. The first-order chi connectivity index (χ1) is 12.1. The number of hydrogen-bond donors (Lipinski definition) is 1. The summed E-state index contributed by atoms with van der Waals surface area (Å²) < 4.78 is 6.88. The predicted octanol–water partition coefficient (Wildman–Crippen LogP) is 1.79. The zero-order valence-electron chi connectivity index (χ0n) is 13.3. The van der Waals surface area contributed by atoms with Crippen molar-refractivity contribution >= 4 is 11.6 Å². The lowest BCUT2D eigenvalue weighted by Gasteiger charge is -2.07. The third-order valence-corrected chi connectivity index (χ3v) is 4.42. The Morgan fingerprint density at radius 2 is 2.20 bits per heavy atom. The maximum atomic E-state index is 11.6. The van der Waals surface area contributed by atoms with Crippen molar-refractivity contribution in [2.45, 2.75) is 18.3 Å². The van der Waals surface area contributed by atoms with Crippen LogP contribution in [0, 0.1) is 11.3 Å². The Labute approximate surface area is 142 Å². The minimum atomic E-state index is -1.01. The van der Waals surface area contributed by atoms with Crippen LogP contribution < -0.4 is 4.74 Å². The number of carbonyl (C=O) groups is 1. The first kappa shape index (κ1) is 15.1. The average Bonchev–Trinajstić information content (AvgIpc) is 3.33. The second-order valence-electron chi connectivity index (χ2n) is 5.92. The number of hydrogen-bond acceptors (Lipinski definition) is 6. The summed E-state index contributed by atoms with van der Waals surface area (Å²) in [6.45, 7) is 0. The van der Waals surface area contributed by atoms with Gasteiger partial charge in [-0.25, -0.2) is 9.50 Å². The van der Waals surface area contributed by atoms with Gasteiger partial charge in [-0.2, -0.15) is 5.26 Å². The predicted molar refractivity (Wildman–Crippen MR) is 86.0 cm³/mol. The van der Waals surface area contributed by atoms with Gasteiger partial charge in [0.1, 0.15) is 11.5 Å². The van der Waals surface area contributed by atoms with Crippen molar-refractivity contribution in [3.63, 3.8) is 0 Å². The highest BCUT2D eigenvalue weighted by molar-refractivity contribution is 5.84. The summed E-state index contributed by atoms with van der Waals surface area (Å²) in [5.74, 6) is -0.152. The van der Waals surface area contributed by atoms with Crippen LogP contribution in [0.5, 0.6) is 5.75 Å². The standard InChI is InChI=1S/C17H13N5O3/c1-25-13-3-2-12(11-6-10(7-18)8-19-9-11)22-14(13)20-15(21-22)17(4-5-17)16(23)24/h2-3,6,8-9H,4-5H2,1H3,(H,23,24). The van der Waals surface area contributed by atoms with Gasteiger partial charge in [-0.3, -0.25) is 9.78 Å². The number of pyridine rings is 2. The number of carboxylic acids is 1. The molecule has 4 rings (SSSR count). The number of nitriles is 1. The van der Waals surface area contributed by atoms with Crippen LogP contribution in [-0.2, 0) is 10.2 Å². The van der Waals surface area contributed by atoms with Crippen molar-refractivity contribution in [1.29, 1.82) is 5.26 Å². The summed E-state index contributed by atoms with van der Waals surface area (Å²) in [5.41, 5.74) is 1.18. The van der Waals surface area contributed by atoms with Gasteiger partial charge in [-0.1, -0.05) is 0 Å². The fourth-order valence-electron chi connectivity index (χ4n) is 2.82. The fraction of sp³-hybridized carbons (Fsp3) is 0.235. The van der Waals surface area contributed by atoms with E-state index in [1.165, 1.54) is 13.3 Å². The number of rotatable bonds is 4. The van der Waals surface area contributed by atoms with Gasteiger partial charge in [0, 0.05) is 18.0 Å². The highest BCUT2D eigenvalue weighted by Crippen LogP contribution is 2.47. The first-order valence-electron chi connectivity index (χ1n) is 7.62. The maximum Gasteiger partial charge on any atom is 0.317 e. The molecule has 0 amide bonds. The molecule has 1 aliphatic rings. The van der Waals surface area contributed by atoms with Crippen LogP contribution in [0.25, 0.3) is 16.9 Å². The number of carboxylic acid groups (broad SMARTS) is 1. The Kier molecular flexibility index (Phi) is 3.18. The van der Waals surface area contributed by atoms with Gasteiger partial charge >= 0.3 is 5.97 Å². The molecule has 0 unspecified atom stereocenters. The molecule has 0 aromatic carbocycles. The molecule has 3 heterocycles. The molecule has 1 aliphatic carbocycles. The minimum absolute atomic E-state index is 0.273. The highest BCUT2D eigenvalue weighted by Gasteiger charge is 2.55. The SMILES string of the molecule is COc1ccc(-c2cncc(C#N)c2)n2nc(C3(C(=O)O)CC3)nc12. The topological polar surface area (TPSA) is 113 Å². The monoisotopic (exact) mass is 335 g/mol. The number of aliphatic carboxylic acids is 1. The normalized spacial score (nSPS) is 14.9. The summed E-state index contributed by atoms with van der Waals surface area (Å²) in [4.78, 5) is 20.1. The first-order valence-corrected chi connectivity index (χ1v) is 7.62. The van der Waals surface area contributed by atoms with Crippen molar-refractivity contribution in [2.24, 2.45) is 0 Å². The summed E-state index contributed by atoms with van der Waals surface area (Å²) >= 11 is 0. The van der Waals surface area contributed by atoms with Crippen molar-refractivity contribution < 1.29 is 14.6 Å². The van der Waals surface area contributed by atoms with Gasteiger partial charge in [-0.05, 0) is 31.0 Å². The van der Waals surface area contributed by atoms with Gasteiger partial charge in [0.2, 0.25) is 0 Å². The van der Waals surface area contributed by atoms with Crippen LogP contribution in [0.15, 0.2) is 30.6 Å². The molecule has 0 saturated heterocycles. The van der Waals surface area contributed by atoms with E-state index in [4.69, 9.17) is 10.00 Å². The molecule has 0 radical (unpaired) electrons. The number of nitrogens with zero attached hydrogens (tertiary/aromatic N) is 5. The maximum absolute atomic E-state index is 11.6. The summed E-state index contributed by atoms with van der Waals surface area (Å²) in [6, 6.07) is 7.27. The van der Waals surface area contributed by atoms with Gasteiger partial charge in [0.05, 0.1) is 18.4 Å². The average molecular weight is 335 g/mol. The molecule has 1 N–H and O–H groups in total. The van der Waals surface area contributed by atoms with Crippen molar-refractivity contribution in [2.75, 3.05) is 7.11 Å². The molecule has 124 valence electrons. The van der Waals surface area contributed by atoms with Gasteiger partial charge in [0.25, 0.3) is 0 Å². The molecule has 3 aromatic rings. The van der Waals surface area contributed by atoms with Crippen molar-refractivity contribution in [1.82, 2.24) is 19.6 Å². The molecule has 8 nitrogen and oxygen atoms in total. The lowest BCUT2D eigenvalue weighted by atomic mass is 10.1. The van der Waals surface area contributed by atoms with Crippen molar-refractivity contribution in [3.8, 4) is 23.1 Å². The minimum Gasteiger partial charge on any atom is -0.493 e. The van der Waals surface area contributed by atoms with E-state index >= 15 is 0 Å². The third-order valence-electron chi connectivity index (χ3n) is 4.42. The van der Waals surface area contributed by atoms with Crippen LogP contribution in [0.3, 0.4) is 0 Å². The second kappa shape index (κ2) is 5.27. The molecule has 0 atom stereocenters. The van der Waals surface area contributed by atoms with E-state index in [1.54, 1.807) is 28.9 Å².